The lowest BCUT2D eigenvalue weighted by Gasteiger charge is -2.31. The van der Waals surface area contributed by atoms with E-state index >= 15 is 0 Å². The Morgan fingerprint density at radius 2 is 1.47 bits per heavy atom. The summed E-state index contributed by atoms with van der Waals surface area (Å²) in [4.78, 5) is 17.4. The average molecular weight is 268 g/mol. The lowest BCUT2D eigenvalue weighted by Crippen LogP contribution is -2.42. The van der Waals surface area contributed by atoms with E-state index in [1.165, 1.54) is 0 Å². The van der Waals surface area contributed by atoms with Gasteiger partial charge in [0.1, 0.15) is 5.60 Å². The Balaban J connectivity index is 5.66. The Hall–Kier alpha value is -1.91. The molecule has 8 heteroatoms. The number of azide groups is 1. The smallest absolute Gasteiger partial charge is 0.324 e. The first kappa shape index (κ1) is 17.1. The highest BCUT2D eigenvalue weighted by molar-refractivity contribution is 5.81. The van der Waals surface area contributed by atoms with E-state index < -0.39 is 17.2 Å². The Kier molecular flexibility index (Phi) is 5.24. The van der Waals surface area contributed by atoms with E-state index in [-0.39, 0.29) is 11.8 Å². The van der Waals surface area contributed by atoms with Gasteiger partial charge in [-0.1, -0.05) is 31.0 Å². The van der Waals surface area contributed by atoms with Crippen molar-refractivity contribution in [3.63, 3.8) is 0 Å². The molecular formula is C11H20N6O2. The van der Waals surface area contributed by atoms with Crippen molar-refractivity contribution in [2.75, 3.05) is 0 Å². The van der Waals surface area contributed by atoms with Crippen molar-refractivity contribution in [2.24, 2.45) is 15.6 Å². The molecule has 0 radical (unpaired) electrons. The van der Waals surface area contributed by atoms with Gasteiger partial charge in [-0.3, -0.25) is 4.79 Å². The van der Waals surface area contributed by atoms with Crippen LogP contribution in [0.2, 0.25) is 0 Å². The maximum absolute atomic E-state index is 12.2. The molecule has 0 atom stereocenters. The number of ether oxygens (including phenoxy) is 1. The SMILES string of the molecule is CC(C)(C)CC(N=[N+]=[N-])(N=[N+]=[N-])C(=O)OC(C)(C)C. The summed E-state index contributed by atoms with van der Waals surface area (Å²) in [6.07, 6.45) is 0.0586. The summed E-state index contributed by atoms with van der Waals surface area (Å²) in [5.41, 5.74) is 14.2. The Morgan fingerprint density at radius 3 is 1.74 bits per heavy atom. The molecule has 0 aromatic rings. The summed E-state index contributed by atoms with van der Waals surface area (Å²) < 4.78 is 5.19. The lowest BCUT2D eigenvalue weighted by molar-refractivity contribution is -0.162. The van der Waals surface area contributed by atoms with Gasteiger partial charge in [-0.05, 0) is 43.7 Å². The van der Waals surface area contributed by atoms with Crippen molar-refractivity contribution in [3.05, 3.63) is 20.9 Å². The maximum atomic E-state index is 12.2. The summed E-state index contributed by atoms with van der Waals surface area (Å²) in [7, 11) is 0. The van der Waals surface area contributed by atoms with Crippen LogP contribution < -0.4 is 0 Å². The highest BCUT2D eigenvalue weighted by atomic mass is 16.6. The molecule has 0 unspecified atom stereocenters. The van der Waals surface area contributed by atoms with Crippen LogP contribution in [-0.2, 0) is 9.53 Å². The van der Waals surface area contributed by atoms with Gasteiger partial charge in [0.2, 0.25) is 5.66 Å². The zero-order valence-corrected chi connectivity index (χ0v) is 12.2. The second-order valence-corrected chi connectivity index (χ2v) is 6.43. The first-order valence-electron chi connectivity index (χ1n) is 5.82. The topological polar surface area (TPSA) is 124 Å². The molecule has 0 aliphatic rings. The quantitative estimate of drug-likeness (QED) is 0.330. The van der Waals surface area contributed by atoms with Crippen LogP contribution in [0.5, 0.6) is 0 Å². The van der Waals surface area contributed by atoms with Crippen molar-refractivity contribution in [1.82, 2.24) is 0 Å². The summed E-state index contributed by atoms with van der Waals surface area (Å²) in [6.45, 7) is 10.6. The van der Waals surface area contributed by atoms with Crippen molar-refractivity contribution in [2.45, 2.75) is 59.2 Å². The minimum atomic E-state index is -1.89. The average Bonchev–Trinajstić information content (AvgIpc) is 2.12. The molecule has 0 aliphatic carbocycles. The van der Waals surface area contributed by atoms with Crippen LogP contribution in [0.25, 0.3) is 20.9 Å². The fourth-order valence-electron chi connectivity index (χ4n) is 1.49. The Morgan fingerprint density at radius 1 is 1.05 bits per heavy atom. The van der Waals surface area contributed by atoms with Crippen molar-refractivity contribution >= 4 is 5.97 Å². The highest BCUT2D eigenvalue weighted by Gasteiger charge is 2.43. The maximum Gasteiger partial charge on any atom is 0.324 e. The standard InChI is InChI=1S/C11H20N6O2/c1-9(2,3)7-11(14-16-12,15-17-13)8(18)19-10(4,5)6/h7H2,1-6H3. The van der Waals surface area contributed by atoms with Crippen LogP contribution in [0.3, 0.4) is 0 Å². The van der Waals surface area contributed by atoms with Crippen molar-refractivity contribution in [3.8, 4) is 0 Å². The zero-order valence-electron chi connectivity index (χ0n) is 12.2. The van der Waals surface area contributed by atoms with Crippen LogP contribution >= 0.6 is 0 Å². The van der Waals surface area contributed by atoms with Crippen LogP contribution in [-0.4, -0.2) is 17.2 Å². The molecule has 0 bridgehead atoms. The third-order valence-electron chi connectivity index (χ3n) is 1.92. The molecule has 0 fully saturated rings. The largest absolute Gasteiger partial charge is 0.459 e. The third-order valence-corrected chi connectivity index (χ3v) is 1.92. The number of hydrogen-bond donors (Lipinski definition) is 0. The van der Waals surface area contributed by atoms with E-state index in [2.05, 4.69) is 20.1 Å². The van der Waals surface area contributed by atoms with E-state index in [1.54, 1.807) is 20.8 Å². The van der Waals surface area contributed by atoms with E-state index in [9.17, 15) is 4.79 Å². The van der Waals surface area contributed by atoms with E-state index in [1.807, 2.05) is 20.8 Å². The number of hydrogen-bond acceptors (Lipinski definition) is 4. The second kappa shape index (κ2) is 5.82. The summed E-state index contributed by atoms with van der Waals surface area (Å²) >= 11 is 0. The van der Waals surface area contributed by atoms with Crippen LogP contribution in [0, 0.1) is 5.41 Å². The van der Waals surface area contributed by atoms with Gasteiger partial charge in [0.15, 0.2) is 0 Å². The van der Waals surface area contributed by atoms with Crippen molar-refractivity contribution in [1.29, 1.82) is 0 Å². The number of nitrogens with zero attached hydrogens (tertiary/aromatic N) is 6. The molecule has 8 nitrogen and oxygen atoms in total. The van der Waals surface area contributed by atoms with E-state index in [0.717, 1.165) is 0 Å². The van der Waals surface area contributed by atoms with Crippen molar-refractivity contribution < 1.29 is 9.53 Å². The Bertz CT molecular complexity index is 415. The van der Waals surface area contributed by atoms with Gasteiger partial charge in [0, 0.05) is 9.82 Å². The molecule has 0 rings (SSSR count). The number of rotatable bonds is 4. The number of carbonyl (C=O) groups excluding carboxylic acids is 1. The second-order valence-electron chi connectivity index (χ2n) is 6.43. The molecule has 19 heavy (non-hydrogen) atoms. The molecule has 0 aliphatic heterocycles. The van der Waals surface area contributed by atoms with E-state index in [4.69, 9.17) is 15.8 Å². The summed E-state index contributed by atoms with van der Waals surface area (Å²) in [6, 6.07) is 0. The zero-order chi connectivity index (χ0) is 15.3. The molecule has 0 aromatic heterocycles. The van der Waals surface area contributed by atoms with Crippen LogP contribution in [0.4, 0.5) is 0 Å². The van der Waals surface area contributed by atoms with Gasteiger partial charge >= 0.3 is 5.97 Å². The minimum absolute atomic E-state index is 0.0586. The Labute approximate surface area is 112 Å². The fraction of sp³-hybridized carbons (Fsp3) is 0.909. The molecular weight excluding hydrogens is 248 g/mol. The number of esters is 1. The molecule has 0 saturated carbocycles. The molecule has 0 spiro atoms. The number of carbonyl (C=O) groups is 1. The fourth-order valence-corrected chi connectivity index (χ4v) is 1.49. The van der Waals surface area contributed by atoms with Gasteiger partial charge in [0.25, 0.3) is 0 Å². The van der Waals surface area contributed by atoms with Gasteiger partial charge in [-0.2, -0.15) is 0 Å². The first-order chi connectivity index (χ1) is 8.46. The third kappa shape index (κ3) is 5.99. The lowest BCUT2D eigenvalue weighted by atomic mass is 9.85. The molecule has 0 aromatic carbocycles. The highest BCUT2D eigenvalue weighted by Crippen LogP contribution is 2.34. The molecule has 0 saturated heterocycles. The molecule has 0 N–H and O–H groups in total. The molecule has 0 heterocycles. The monoisotopic (exact) mass is 268 g/mol. The van der Waals surface area contributed by atoms with Gasteiger partial charge in [-0.15, -0.1) is 0 Å². The van der Waals surface area contributed by atoms with Crippen LogP contribution in [0.1, 0.15) is 48.0 Å². The predicted octanol–water partition coefficient (Wildman–Crippen LogP) is 4.08. The van der Waals surface area contributed by atoms with Gasteiger partial charge < -0.3 is 4.74 Å². The predicted molar refractivity (Wildman–Crippen MR) is 70.9 cm³/mol. The van der Waals surface area contributed by atoms with E-state index in [0.29, 0.717) is 0 Å². The normalized spacial score (nSPS) is 14.6. The van der Waals surface area contributed by atoms with Gasteiger partial charge in [0.05, 0.1) is 0 Å². The minimum Gasteiger partial charge on any atom is -0.459 e. The van der Waals surface area contributed by atoms with Crippen LogP contribution in [0.15, 0.2) is 10.2 Å². The van der Waals surface area contributed by atoms with Gasteiger partial charge in [-0.25, -0.2) is 0 Å². The molecule has 0 amide bonds. The summed E-state index contributed by atoms with van der Waals surface area (Å²) in [5, 5.41) is 6.80. The molecule has 106 valence electrons. The summed E-state index contributed by atoms with van der Waals surface area (Å²) in [5.74, 6) is -0.842. The first-order valence-corrected chi connectivity index (χ1v) is 5.82.